The summed E-state index contributed by atoms with van der Waals surface area (Å²) in [5.74, 6) is 6.53. The number of nitrogens with zero attached hydrogens (tertiary/aromatic N) is 1. The van der Waals surface area contributed by atoms with Gasteiger partial charge in [-0.15, -0.1) is 0 Å². The van der Waals surface area contributed by atoms with Crippen molar-refractivity contribution in [3.05, 3.63) is 17.8 Å². The SMILES string of the molecule is CCCNC(C)c1ncc(C2C3CC4CC(C3)CC2C4)o1. The van der Waals surface area contributed by atoms with Crippen LogP contribution in [0, 0.1) is 23.7 Å². The Morgan fingerprint density at radius 1 is 1.19 bits per heavy atom. The number of aromatic nitrogens is 1. The molecule has 4 aliphatic carbocycles. The fourth-order valence-electron chi connectivity index (χ4n) is 5.49. The Hall–Kier alpha value is -0.830. The molecule has 4 bridgehead atoms. The first kappa shape index (κ1) is 13.8. The van der Waals surface area contributed by atoms with E-state index in [1.165, 1.54) is 37.9 Å². The quantitative estimate of drug-likeness (QED) is 0.879. The maximum absolute atomic E-state index is 6.19. The lowest BCUT2D eigenvalue weighted by atomic mass is 9.51. The first-order valence-electron chi connectivity index (χ1n) is 8.93. The van der Waals surface area contributed by atoms with E-state index in [1.807, 2.05) is 6.20 Å². The predicted octanol–water partition coefficient (Wildman–Crippen LogP) is 4.27. The van der Waals surface area contributed by atoms with Crippen molar-refractivity contribution in [2.75, 3.05) is 6.54 Å². The van der Waals surface area contributed by atoms with Crippen LogP contribution < -0.4 is 5.32 Å². The van der Waals surface area contributed by atoms with Crippen molar-refractivity contribution in [2.24, 2.45) is 23.7 Å². The van der Waals surface area contributed by atoms with Crippen molar-refractivity contribution in [1.82, 2.24) is 10.3 Å². The molecule has 4 aliphatic rings. The highest BCUT2D eigenvalue weighted by Gasteiger charge is 2.49. The van der Waals surface area contributed by atoms with E-state index in [9.17, 15) is 0 Å². The van der Waals surface area contributed by atoms with Gasteiger partial charge in [0.15, 0.2) is 0 Å². The minimum absolute atomic E-state index is 0.232. The molecular formula is C18H28N2O. The third-order valence-corrected chi connectivity index (χ3v) is 6.17. The molecule has 21 heavy (non-hydrogen) atoms. The maximum Gasteiger partial charge on any atom is 0.211 e. The molecule has 0 radical (unpaired) electrons. The van der Waals surface area contributed by atoms with Gasteiger partial charge in [0.2, 0.25) is 5.89 Å². The monoisotopic (exact) mass is 288 g/mol. The zero-order valence-electron chi connectivity index (χ0n) is 13.3. The normalized spacial score (nSPS) is 38.9. The van der Waals surface area contributed by atoms with Crippen LogP contribution in [0.15, 0.2) is 10.6 Å². The van der Waals surface area contributed by atoms with E-state index in [0.717, 1.165) is 42.5 Å². The van der Waals surface area contributed by atoms with Crippen LogP contribution in [0.2, 0.25) is 0 Å². The molecule has 1 unspecified atom stereocenters. The highest BCUT2D eigenvalue weighted by Crippen LogP contribution is 2.59. The summed E-state index contributed by atoms with van der Waals surface area (Å²) in [5, 5.41) is 3.47. The minimum Gasteiger partial charge on any atom is -0.444 e. The van der Waals surface area contributed by atoms with Crippen LogP contribution in [-0.2, 0) is 0 Å². The molecule has 0 saturated heterocycles. The number of oxazole rings is 1. The largest absolute Gasteiger partial charge is 0.444 e. The van der Waals surface area contributed by atoms with E-state index in [2.05, 4.69) is 24.1 Å². The van der Waals surface area contributed by atoms with Crippen LogP contribution in [0.1, 0.15) is 76.0 Å². The van der Waals surface area contributed by atoms with Crippen LogP contribution in [0.3, 0.4) is 0 Å². The summed E-state index contributed by atoms with van der Waals surface area (Å²) >= 11 is 0. The number of hydrogen-bond acceptors (Lipinski definition) is 3. The number of hydrogen-bond donors (Lipinski definition) is 1. The van der Waals surface area contributed by atoms with Crippen LogP contribution in [0.4, 0.5) is 0 Å². The lowest BCUT2D eigenvalue weighted by Gasteiger charge is -2.53. The molecular weight excluding hydrogens is 260 g/mol. The Labute approximate surface area is 127 Å². The second-order valence-corrected chi connectivity index (χ2v) is 7.73. The van der Waals surface area contributed by atoms with E-state index < -0.39 is 0 Å². The first-order valence-corrected chi connectivity index (χ1v) is 8.93. The Bertz CT molecular complexity index is 467. The van der Waals surface area contributed by atoms with Crippen molar-refractivity contribution in [2.45, 2.75) is 64.3 Å². The molecule has 1 N–H and O–H groups in total. The van der Waals surface area contributed by atoms with Gasteiger partial charge >= 0.3 is 0 Å². The summed E-state index contributed by atoms with van der Waals surface area (Å²) in [6, 6.07) is 0.232. The maximum atomic E-state index is 6.19. The first-order chi connectivity index (χ1) is 10.2. The van der Waals surface area contributed by atoms with Gasteiger partial charge in [-0.3, -0.25) is 0 Å². The topological polar surface area (TPSA) is 38.1 Å². The van der Waals surface area contributed by atoms with Crippen molar-refractivity contribution >= 4 is 0 Å². The van der Waals surface area contributed by atoms with Crippen molar-refractivity contribution in [1.29, 1.82) is 0 Å². The fourth-order valence-corrected chi connectivity index (χ4v) is 5.49. The number of rotatable bonds is 5. The molecule has 1 heterocycles. The lowest BCUT2D eigenvalue weighted by Crippen LogP contribution is -2.43. The predicted molar refractivity (Wildman–Crippen MR) is 83.0 cm³/mol. The van der Waals surface area contributed by atoms with Crippen LogP contribution in [0.25, 0.3) is 0 Å². The average Bonchev–Trinajstić information content (AvgIpc) is 2.93. The molecule has 3 heteroatoms. The standard InChI is InChI=1S/C18H28N2O/c1-3-4-19-11(2)18-20-10-16(21-18)17-14-6-12-5-13(8-14)9-15(17)7-12/h10-15,17,19H,3-9H2,1-2H3. The Balaban J connectivity index is 1.50. The molecule has 4 saturated carbocycles. The van der Waals surface area contributed by atoms with Crippen molar-refractivity contribution in [3.8, 4) is 0 Å². The lowest BCUT2D eigenvalue weighted by molar-refractivity contribution is -0.0101. The zero-order chi connectivity index (χ0) is 14.4. The highest BCUT2D eigenvalue weighted by atomic mass is 16.4. The Morgan fingerprint density at radius 2 is 1.86 bits per heavy atom. The molecule has 1 aromatic rings. The Morgan fingerprint density at radius 3 is 2.48 bits per heavy atom. The van der Waals surface area contributed by atoms with Gasteiger partial charge in [0.1, 0.15) is 5.76 Å². The molecule has 1 aromatic heterocycles. The summed E-state index contributed by atoms with van der Waals surface area (Å²) in [6.45, 7) is 5.37. The third-order valence-electron chi connectivity index (χ3n) is 6.17. The van der Waals surface area contributed by atoms with Gasteiger partial charge in [0.25, 0.3) is 0 Å². The van der Waals surface area contributed by atoms with E-state index in [4.69, 9.17) is 4.42 Å². The minimum atomic E-state index is 0.232. The van der Waals surface area contributed by atoms with Crippen LogP contribution in [0.5, 0.6) is 0 Å². The van der Waals surface area contributed by atoms with Gasteiger partial charge in [-0.25, -0.2) is 4.98 Å². The molecule has 0 aliphatic heterocycles. The smallest absolute Gasteiger partial charge is 0.211 e. The van der Waals surface area contributed by atoms with Gasteiger partial charge in [-0.2, -0.15) is 0 Å². The Kier molecular flexibility index (Phi) is 3.56. The van der Waals surface area contributed by atoms with Gasteiger partial charge in [0.05, 0.1) is 12.2 Å². The van der Waals surface area contributed by atoms with Gasteiger partial charge in [0, 0.05) is 5.92 Å². The highest BCUT2D eigenvalue weighted by molar-refractivity contribution is 5.13. The van der Waals surface area contributed by atoms with E-state index in [0.29, 0.717) is 5.92 Å². The summed E-state index contributed by atoms with van der Waals surface area (Å²) < 4.78 is 6.19. The molecule has 4 fully saturated rings. The van der Waals surface area contributed by atoms with Gasteiger partial charge < -0.3 is 9.73 Å². The van der Waals surface area contributed by atoms with E-state index in [1.54, 1.807) is 0 Å². The van der Waals surface area contributed by atoms with Gasteiger partial charge in [-0.1, -0.05) is 6.92 Å². The molecule has 0 spiro atoms. The summed E-state index contributed by atoms with van der Waals surface area (Å²) in [5.41, 5.74) is 0. The summed E-state index contributed by atoms with van der Waals surface area (Å²) in [4.78, 5) is 4.57. The van der Waals surface area contributed by atoms with Crippen molar-refractivity contribution in [3.63, 3.8) is 0 Å². The summed E-state index contributed by atoms with van der Waals surface area (Å²) in [7, 11) is 0. The molecule has 116 valence electrons. The molecule has 0 amide bonds. The molecule has 3 nitrogen and oxygen atoms in total. The average molecular weight is 288 g/mol. The zero-order valence-corrected chi connectivity index (χ0v) is 13.3. The second-order valence-electron chi connectivity index (χ2n) is 7.73. The second kappa shape index (κ2) is 5.42. The molecule has 0 aromatic carbocycles. The molecule has 1 atom stereocenters. The third kappa shape index (κ3) is 2.44. The van der Waals surface area contributed by atoms with Gasteiger partial charge in [-0.05, 0) is 75.7 Å². The van der Waals surface area contributed by atoms with E-state index >= 15 is 0 Å². The summed E-state index contributed by atoms with van der Waals surface area (Å²) in [6.07, 6.45) is 10.5. The van der Waals surface area contributed by atoms with Crippen LogP contribution in [-0.4, -0.2) is 11.5 Å². The molecule has 5 rings (SSSR count). The fraction of sp³-hybridized carbons (Fsp3) is 0.833. The van der Waals surface area contributed by atoms with E-state index in [-0.39, 0.29) is 6.04 Å². The number of nitrogens with one attached hydrogen (secondary N) is 1. The van der Waals surface area contributed by atoms with Crippen molar-refractivity contribution < 1.29 is 4.42 Å². The van der Waals surface area contributed by atoms with Crippen LogP contribution >= 0.6 is 0 Å².